The van der Waals surface area contributed by atoms with Gasteiger partial charge in [-0.1, -0.05) is 11.3 Å². The van der Waals surface area contributed by atoms with Crippen LogP contribution in [0.25, 0.3) is 10.3 Å². The Morgan fingerprint density at radius 1 is 1.26 bits per heavy atom. The molecule has 1 atom stereocenters. The van der Waals surface area contributed by atoms with Crippen molar-refractivity contribution in [2.45, 2.75) is 26.3 Å². The summed E-state index contributed by atoms with van der Waals surface area (Å²) in [6.45, 7) is 3.78. The van der Waals surface area contributed by atoms with Crippen molar-refractivity contribution < 1.29 is 19.1 Å². The fraction of sp³-hybridized carbons (Fsp3) is 0.409. The fourth-order valence-corrected chi connectivity index (χ4v) is 5.10. The summed E-state index contributed by atoms with van der Waals surface area (Å²) in [5.41, 5.74) is 0.563. The molecule has 0 bridgehead atoms. The van der Waals surface area contributed by atoms with Crippen molar-refractivity contribution in [1.82, 2.24) is 19.9 Å². The number of anilines is 2. The molecule has 2 aliphatic heterocycles. The average Bonchev–Trinajstić information content (AvgIpc) is 3.48. The number of amides is 2. The molecule has 34 heavy (non-hydrogen) atoms. The van der Waals surface area contributed by atoms with Gasteiger partial charge < -0.3 is 25.0 Å². The van der Waals surface area contributed by atoms with Gasteiger partial charge in [-0.3, -0.25) is 19.0 Å². The molecule has 11 nitrogen and oxygen atoms in total. The number of benzene rings is 1. The third-order valence-electron chi connectivity index (χ3n) is 5.76. The van der Waals surface area contributed by atoms with E-state index in [0.29, 0.717) is 45.8 Å². The highest BCUT2D eigenvalue weighted by Crippen LogP contribution is 2.34. The molecule has 0 spiro atoms. The lowest BCUT2D eigenvalue weighted by molar-refractivity contribution is -0.125. The van der Waals surface area contributed by atoms with Crippen LogP contribution in [0, 0.1) is 5.92 Å². The number of ether oxygens (including phenoxy) is 2. The molecular formula is C22H24N6O5S. The monoisotopic (exact) mass is 484 g/mol. The average molecular weight is 485 g/mol. The number of carbonyl (C=O) groups excluding carboxylic acids is 2. The van der Waals surface area contributed by atoms with E-state index in [1.54, 1.807) is 18.2 Å². The number of nitrogens with one attached hydrogen (secondary N) is 2. The lowest BCUT2D eigenvalue weighted by atomic mass is 9.97. The van der Waals surface area contributed by atoms with Gasteiger partial charge in [0.25, 0.3) is 5.56 Å². The molecule has 4 heterocycles. The Kier molecular flexibility index (Phi) is 6.05. The summed E-state index contributed by atoms with van der Waals surface area (Å²) in [5.74, 6) is 0.749. The van der Waals surface area contributed by atoms with Crippen molar-refractivity contribution in [3.63, 3.8) is 0 Å². The zero-order valence-electron chi connectivity index (χ0n) is 18.6. The summed E-state index contributed by atoms with van der Waals surface area (Å²) in [4.78, 5) is 48.7. The van der Waals surface area contributed by atoms with Crippen LogP contribution >= 0.6 is 11.3 Å². The number of carbonyl (C=O) groups is 2. The normalized spacial score (nSPS) is 17.1. The van der Waals surface area contributed by atoms with E-state index in [4.69, 9.17) is 9.47 Å². The van der Waals surface area contributed by atoms with Crippen LogP contribution < -0.4 is 30.6 Å². The van der Waals surface area contributed by atoms with Crippen molar-refractivity contribution in [2.75, 3.05) is 36.6 Å². The minimum Gasteiger partial charge on any atom is -0.454 e. The Morgan fingerprint density at radius 3 is 2.97 bits per heavy atom. The molecule has 178 valence electrons. The highest BCUT2D eigenvalue weighted by molar-refractivity contribution is 7.22. The Bertz CT molecular complexity index is 1300. The predicted octanol–water partition coefficient (Wildman–Crippen LogP) is 1.57. The maximum Gasteiger partial charge on any atom is 0.273 e. The van der Waals surface area contributed by atoms with E-state index in [0.717, 1.165) is 19.4 Å². The van der Waals surface area contributed by atoms with Crippen LogP contribution in [-0.2, 0) is 16.1 Å². The van der Waals surface area contributed by atoms with Gasteiger partial charge >= 0.3 is 0 Å². The molecule has 1 saturated heterocycles. The molecular weight excluding hydrogens is 460 g/mol. The van der Waals surface area contributed by atoms with E-state index in [9.17, 15) is 14.4 Å². The topological polar surface area (TPSA) is 128 Å². The number of hydrogen-bond acceptors (Lipinski definition) is 9. The summed E-state index contributed by atoms with van der Waals surface area (Å²) in [5, 5.41) is 6.30. The van der Waals surface area contributed by atoms with Crippen LogP contribution in [0.15, 0.2) is 29.3 Å². The van der Waals surface area contributed by atoms with Gasteiger partial charge in [-0.2, -0.15) is 4.98 Å². The van der Waals surface area contributed by atoms with Gasteiger partial charge in [0, 0.05) is 31.4 Å². The molecule has 1 unspecified atom stereocenters. The number of aromatic nitrogens is 3. The molecule has 5 rings (SSSR count). The van der Waals surface area contributed by atoms with Gasteiger partial charge in [-0.25, -0.2) is 4.98 Å². The highest BCUT2D eigenvalue weighted by Gasteiger charge is 2.27. The van der Waals surface area contributed by atoms with Crippen LogP contribution in [0.3, 0.4) is 0 Å². The van der Waals surface area contributed by atoms with E-state index in [1.165, 1.54) is 22.2 Å². The third kappa shape index (κ3) is 4.40. The second kappa shape index (κ2) is 9.29. The van der Waals surface area contributed by atoms with Gasteiger partial charge in [-0.15, -0.1) is 0 Å². The first-order valence-electron chi connectivity index (χ1n) is 11.1. The maximum absolute atomic E-state index is 13.0. The number of hydrogen-bond donors (Lipinski definition) is 2. The smallest absolute Gasteiger partial charge is 0.273 e. The number of rotatable bonds is 6. The molecule has 1 aromatic carbocycles. The number of fused-ring (bicyclic) bond motifs is 2. The summed E-state index contributed by atoms with van der Waals surface area (Å²) < 4.78 is 12.2. The maximum atomic E-state index is 13.0. The minimum absolute atomic E-state index is 0.0438. The Labute approximate surface area is 198 Å². The first-order valence-corrected chi connectivity index (χ1v) is 11.9. The Hall–Kier alpha value is -3.67. The van der Waals surface area contributed by atoms with Crippen LogP contribution in [0.2, 0.25) is 0 Å². The number of nitrogens with zero attached hydrogens (tertiary/aromatic N) is 4. The molecule has 2 aromatic heterocycles. The zero-order chi connectivity index (χ0) is 23.7. The van der Waals surface area contributed by atoms with Gasteiger partial charge in [0.15, 0.2) is 22.3 Å². The van der Waals surface area contributed by atoms with E-state index in [1.807, 2.05) is 11.8 Å². The lowest BCUT2D eigenvalue weighted by Crippen LogP contribution is -2.43. The molecule has 2 aliphatic rings. The molecule has 12 heteroatoms. The van der Waals surface area contributed by atoms with Crippen LogP contribution in [0.5, 0.6) is 11.5 Å². The lowest BCUT2D eigenvalue weighted by Gasteiger charge is -2.31. The van der Waals surface area contributed by atoms with Gasteiger partial charge in [0.1, 0.15) is 17.6 Å². The molecule has 1 fully saturated rings. The summed E-state index contributed by atoms with van der Waals surface area (Å²) in [7, 11) is 0. The fourth-order valence-electron chi connectivity index (χ4n) is 4.10. The third-order valence-corrected chi connectivity index (χ3v) is 6.85. The van der Waals surface area contributed by atoms with Crippen molar-refractivity contribution in [3.05, 3.63) is 34.9 Å². The van der Waals surface area contributed by atoms with Crippen LogP contribution in [-0.4, -0.2) is 52.8 Å². The van der Waals surface area contributed by atoms with Gasteiger partial charge in [0.2, 0.25) is 18.6 Å². The second-order valence-electron chi connectivity index (χ2n) is 8.12. The van der Waals surface area contributed by atoms with E-state index in [2.05, 4.69) is 20.6 Å². The highest BCUT2D eigenvalue weighted by atomic mass is 32.1. The SMILES string of the molecule is CCNC(=O)C1CCCN(c2nc3ncn(CC(=O)Nc4ccc5c(c4)OCO5)c(=O)c3s2)C1. The van der Waals surface area contributed by atoms with Crippen LogP contribution in [0.4, 0.5) is 10.8 Å². The Morgan fingerprint density at radius 2 is 2.12 bits per heavy atom. The minimum atomic E-state index is -0.368. The molecule has 2 amide bonds. The summed E-state index contributed by atoms with van der Waals surface area (Å²) in [6.07, 6.45) is 3.03. The molecule has 3 aromatic rings. The van der Waals surface area contributed by atoms with Crippen molar-refractivity contribution in [1.29, 1.82) is 0 Å². The van der Waals surface area contributed by atoms with Gasteiger partial charge in [0.05, 0.1) is 5.92 Å². The number of piperidine rings is 1. The quantitative estimate of drug-likeness (QED) is 0.540. The largest absolute Gasteiger partial charge is 0.454 e. The second-order valence-corrected chi connectivity index (χ2v) is 9.10. The van der Waals surface area contributed by atoms with Crippen LogP contribution in [0.1, 0.15) is 19.8 Å². The van der Waals surface area contributed by atoms with Crippen molar-refractivity contribution >= 4 is 44.3 Å². The van der Waals surface area contributed by atoms with Gasteiger partial charge in [-0.05, 0) is 31.9 Å². The predicted molar refractivity (Wildman–Crippen MR) is 126 cm³/mol. The number of thiazole rings is 1. The van der Waals surface area contributed by atoms with Crippen molar-refractivity contribution in [2.24, 2.45) is 5.92 Å². The first kappa shape index (κ1) is 22.1. The van der Waals surface area contributed by atoms with E-state index < -0.39 is 0 Å². The molecule has 0 aliphatic carbocycles. The summed E-state index contributed by atoms with van der Waals surface area (Å²) in [6, 6.07) is 5.10. The van der Waals surface area contributed by atoms with E-state index in [-0.39, 0.29) is 36.6 Å². The first-order chi connectivity index (χ1) is 16.5. The molecule has 2 N–H and O–H groups in total. The summed E-state index contributed by atoms with van der Waals surface area (Å²) >= 11 is 1.24. The van der Waals surface area contributed by atoms with Crippen molar-refractivity contribution in [3.8, 4) is 11.5 Å². The molecule has 0 radical (unpaired) electrons. The van der Waals surface area contributed by atoms with E-state index >= 15 is 0 Å². The zero-order valence-corrected chi connectivity index (χ0v) is 19.4. The molecule has 0 saturated carbocycles. The Balaban J connectivity index is 1.30. The standard InChI is InChI=1S/C22H24N6O5S/c1-2-23-20(30)13-4-3-7-27(9-13)22-26-19-18(34-22)21(31)28(11-24-19)10-17(29)25-14-5-6-15-16(8-14)33-12-32-15/h5-6,8,11,13H,2-4,7,9-10,12H2,1H3,(H,23,30)(H,25,29).